The van der Waals surface area contributed by atoms with Crippen molar-refractivity contribution in [1.29, 1.82) is 0 Å². The largest absolute Gasteiger partial charge is 0.481 e. The Bertz CT molecular complexity index is 498. The van der Waals surface area contributed by atoms with Crippen LogP contribution in [0.15, 0.2) is 24.3 Å². The summed E-state index contributed by atoms with van der Waals surface area (Å²) in [7, 11) is -3.16. The molecule has 6 heteroatoms. The predicted octanol–water partition coefficient (Wildman–Crippen LogP) is 4.64. The molecule has 130 valence electrons. The van der Waals surface area contributed by atoms with E-state index in [2.05, 4.69) is 0 Å². The van der Waals surface area contributed by atoms with Crippen LogP contribution < -0.4 is 0 Å². The highest BCUT2D eigenvalue weighted by Crippen LogP contribution is 2.51. The van der Waals surface area contributed by atoms with Crippen LogP contribution in [0, 0.1) is 0 Å². The number of carbonyl (C=O) groups is 1. The minimum absolute atomic E-state index is 0.0159. The second kappa shape index (κ2) is 10.6. The lowest BCUT2D eigenvalue weighted by atomic mass is 10.1. The minimum atomic E-state index is -3.16. The first-order chi connectivity index (χ1) is 11.0. The zero-order valence-corrected chi connectivity index (χ0v) is 14.9. The summed E-state index contributed by atoms with van der Waals surface area (Å²) in [4.78, 5) is 10.7. The van der Waals surface area contributed by atoms with E-state index in [0.29, 0.717) is 13.2 Å². The van der Waals surface area contributed by atoms with Crippen molar-refractivity contribution in [3.63, 3.8) is 0 Å². The summed E-state index contributed by atoms with van der Waals surface area (Å²) in [6.45, 7) is 4.95. The topological polar surface area (TPSA) is 72.8 Å². The first-order valence-corrected chi connectivity index (χ1v) is 9.89. The fourth-order valence-corrected chi connectivity index (χ4v) is 3.71. The van der Waals surface area contributed by atoms with Gasteiger partial charge in [-0.1, -0.05) is 51.0 Å². The van der Waals surface area contributed by atoms with E-state index in [0.717, 1.165) is 36.8 Å². The minimum Gasteiger partial charge on any atom is -0.481 e. The third-order valence-corrected chi connectivity index (χ3v) is 5.23. The Morgan fingerprint density at radius 3 is 1.91 bits per heavy atom. The van der Waals surface area contributed by atoms with Crippen LogP contribution in [0.25, 0.3) is 0 Å². The van der Waals surface area contributed by atoms with Gasteiger partial charge in [0.1, 0.15) is 0 Å². The van der Waals surface area contributed by atoms with E-state index in [1.54, 1.807) is 24.3 Å². The zero-order valence-electron chi connectivity index (χ0n) is 14.0. The van der Waals surface area contributed by atoms with Crippen LogP contribution in [0.5, 0.6) is 0 Å². The second-order valence-electron chi connectivity index (χ2n) is 5.53. The van der Waals surface area contributed by atoms with E-state index >= 15 is 0 Å². The number of carboxylic acid groups (broad SMARTS) is 1. The molecule has 0 aliphatic heterocycles. The third kappa shape index (κ3) is 8.31. The lowest BCUT2D eigenvalue weighted by Gasteiger charge is -2.19. The lowest BCUT2D eigenvalue weighted by molar-refractivity contribution is -0.136. The Morgan fingerprint density at radius 2 is 1.48 bits per heavy atom. The Labute approximate surface area is 138 Å². The molecular weight excluding hydrogens is 315 g/mol. The molecule has 1 N–H and O–H groups in total. The molecule has 0 fully saturated rings. The average molecular weight is 342 g/mol. The molecule has 0 heterocycles. The molecule has 0 aromatic heterocycles. The summed E-state index contributed by atoms with van der Waals surface area (Å²) in [5.41, 5.74) is 1.55. The maximum atomic E-state index is 12.9. The smallest absolute Gasteiger partial charge is 0.335 e. The maximum absolute atomic E-state index is 12.9. The second-order valence-corrected chi connectivity index (χ2v) is 7.58. The first kappa shape index (κ1) is 19.9. The highest BCUT2D eigenvalue weighted by molar-refractivity contribution is 7.53. The van der Waals surface area contributed by atoms with Gasteiger partial charge in [0.2, 0.25) is 0 Å². The van der Waals surface area contributed by atoms with Gasteiger partial charge >= 0.3 is 13.6 Å². The van der Waals surface area contributed by atoms with E-state index in [-0.39, 0.29) is 12.6 Å². The predicted molar refractivity (Wildman–Crippen MR) is 90.8 cm³/mol. The summed E-state index contributed by atoms with van der Waals surface area (Å²) >= 11 is 0. The lowest BCUT2D eigenvalue weighted by Crippen LogP contribution is -2.03. The van der Waals surface area contributed by atoms with Crippen molar-refractivity contribution in [2.45, 2.75) is 52.1 Å². The van der Waals surface area contributed by atoms with Crippen LogP contribution in [0.3, 0.4) is 0 Å². The molecule has 5 nitrogen and oxygen atoms in total. The number of benzene rings is 1. The molecule has 0 atom stereocenters. The Kier molecular flexibility index (Phi) is 9.15. The molecule has 0 spiro atoms. The van der Waals surface area contributed by atoms with Gasteiger partial charge < -0.3 is 14.2 Å². The molecule has 1 aromatic carbocycles. The summed E-state index contributed by atoms with van der Waals surface area (Å²) < 4.78 is 24.0. The van der Waals surface area contributed by atoms with E-state index < -0.39 is 13.6 Å². The van der Waals surface area contributed by atoms with Crippen LogP contribution in [-0.2, 0) is 31.0 Å². The molecule has 1 aromatic rings. The fourth-order valence-electron chi connectivity index (χ4n) is 1.99. The van der Waals surface area contributed by atoms with Gasteiger partial charge in [-0.3, -0.25) is 9.36 Å². The van der Waals surface area contributed by atoms with Crippen molar-refractivity contribution in [2.75, 3.05) is 13.2 Å². The summed E-state index contributed by atoms with van der Waals surface area (Å²) in [5, 5.41) is 8.78. The number of hydrogen-bond acceptors (Lipinski definition) is 4. The van der Waals surface area contributed by atoms with Gasteiger partial charge in [0.15, 0.2) is 0 Å². The van der Waals surface area contributed by atoms with Crippen LogP contribution in [0.1, 0.15) is 50.7 Å². The van der Waals surface area contributed by atoms with Crippen LogP contribution in [0.4, 0.5) is 0 Å². The van der Waals surface area contributed by atoms with Gasteiger partial charge in [-0.15, -0.1) is 0 Å². The highest BCUT2D eigenvalue weighted by Gasteiger charge is 2.25. The monoisotopic (exact) mass is 342 g/mol. The quantitative estimate of drug-likeness (QED) is 0.442. The van der Waals surface area contributed by atoms with Crippen molar-refractivity contribution >= 4 is 13.6 Å². The molecule has 0 aliphatic carbocycles. The molecule has 0 saturated heterocycles. The fraction of sp³-hybridized carbons (Fsp3) is 0.588. The molecular formula is C17H27O5P. The van der Waals surface area contributed by atoms with E-state index in [1.807, 2.05) is 13.8 Å². The van der Waals surface area contributed by atoms with Crippen molar-refractivity contribution in [3.05, 3.63) is 35.4 Å². The van der Waals surface area contributed by atoms with Gasteiger partial charge in [0.05, 0.1) is 25.8 Å². The summed E-state index contributed by atoms with van der Waals surface area (Å²) in [6, 6.07) is 7.06. The normalized spacial score (nSPS) is 11.6. The number of rotatable bonds is 12. The summed E-state index contributed by atoms with van der Waals surface area (Å²) in [6.07, 6.45) is 3.83. The molecule has 23 heavy (non-hydrogen) atoms. The van der Waals surface area contributed by atoms with Gasteiger partial charge in [0, 0.05) is 0 Å². The van der Waals surface area contributed by atoms with Crippen LogP contribution >= 0.6 is 7.60 Å². The van der Waals surface area contributed by atoms with Crippen LogP contribution in [0.2, 0.25) is 0 Å². The molecule has 0 bridgehead atoms. The molecule has 0 saturated carbocycles. The maximum Gasteiger partial charge on any atom is 0.335 e. The van der Waals surface area contributed by atoms with Gasteiger partial charge in [0.25, 0.3) is 0 Å². The van der Waals surface area contributed by atoms with Gasteiger partial charge in [-0.25, -0.2) is 0 Å². The number of hydrogen-bond donors (Lipinski definition) is 1. The highest BCUT2D eigenvalue weighted by atomic mass is 31.2. The van der Waals surface area contributed by atoms with E-state index in [9.17, 15) is 9.36 Å². The average Bonchev–Trinajstić information content (AvgIpc) is 2.49. The zero-order chi connectivity index (χ0) is 17.1. The third-order valence-electron chi connectivity index (χ3n) is 3.33. The van der Waals surface area contributed by atoms with Gasteiger partial charge in [-0.05, 0) is 24.0 Å². The molecule has 0 amide bonds. The number of carboxylic acids is 1. The first-order valence-electron chi connectivity index (χ1n) is 8.17. The standard InChI is InChI=1S/C17H27O5P/c1-3-5-11-21-23(20,22-12-6-4-2)14-16-9-7-15(8-10-16)13-17(18)19/h7-10H,3-6,11-14H2,1-2H3,(H,18,19). The van der Waals surface area contributed by atoms with Crippen molar-refractivity contribution in [3.8, 4) is 0 Å². The molecule has 1 rings (SSSR count). The SMILES string of the molecule is CCCCOP(=O)(Cc1ccc(CC(=O)O)cc1)OCCCC. The van der Waals surface area contributed by atoms with E-state index in [4.69, 9.17) is 14.2 Å². The van der Waals surface area contributed by atoms with E-state index in [1.165, 1.54) is 0 Å². The van der Waals surface area contributed by atoms with Crippen LogP contribution in [-0.4, -0.2) is 24.3 Å². The van der Waals surface area contributed by atoms with Gasteiger partial charge in [-0.2, -0.15) is 0 Å². The van der Waals surface area contributed by atoms with Crippen molar-refractivity contribution < 1.29 is 23.5 Å². The Hall–Kier alpha value is -1.16. The Balaban J connectivity index is 2.70. The molecule has 0 unspecified atom stereocenters. The number of unbranched alkanes of at least 4 members (excludes halogenated alkanes) is 2. The molecule has 0 radical (unpaired) electrons. The molecule has 0 aliphatic rings. The Morgan fingerprint density at radius 1 is 1.00 bits per heavy atom. The summed E-state index contributed by atoms with van der Waals surface area (Å²) in [5.74, 6) is -0.866. The van der Waals surface area contributed by atoms with Crippen molar-refractivity contribution in [1.82, 2.24) is 0 Å². The van der Waals surface area contributed by atoms with Crippen molar-refractivity contribution in [2.24, 2.45) is 0 Å². The number of aliphatic carboxylic acids is 1.